The minimum absolute atomic E-state index is 0.00974. The van der Waals surface area contributed by atoms with E-state index in [0.717, 1.165) is 5.56 Å². The first-order chi connectivity index (χ1) is 17.3. The second kappa shape index (κ2) is 11.3. The highest BCUT2D eigenvalue weighted by Gasteiger charge is 2.51. The Morgan fingerprint density at radius 3 is 2.14 bits per heavy atom. The number of H-pyrrole nitrogens is 1. The quantitative estimate of drug-likeness (QED) is 0.387. The molecule has 5 N–H and O–H groups in total. The van der Waals surface area contributed by atoms with E-state index in [1.807, 2.05) is 30.3 Å². The summed E-state index contributed by atoms with van der Waals surface area (Å²) in [5.41, 5.74) is 5.21. The largest absolute Gasteiger partial charge is 0.455 e. The van der Waals surface area contributed by atoms with Gasteiger partial charge in [-0.25, -0.2) is 4.98 Å². The van der Waals surface area contributed by atoms with Crippen LogP contribution in [0.3, 0.4) is 0 Å². The molecule has 11 nitrogen and oxygen atoms in total. The molecule has 0 unspecified atom stereocenters. The van der Waals surface area contributed by atoms with Crippen molar-refractivity contribution in [2.24, 2.45) is 10.8 Å². The number of amides is 1. The van der Waals surface area contributed by atoms with E-state index in [2.05, 4.69) is 20.6 Å². The number of benzene rings is 1. The number of carbonyl (C=O) groups is 3. The van der Waals surface area contributed by atoms with Crippen molar-refractivity contribution in [3.05, 3.63) is 47.9 Å². The van der Waals surface area contributed by atoms with Crippen molar-refractivity contribution in [3.63, 3.8) is 0 Å². The molecule has 0 bridgehead atoms. The van der Waals surface area contributed by atoms with Crippen LogP contribution in [0.5, 0.6) is 0 Å². The highest BCUT2D eigenvalue weighted by atomic mass is 16.6. The lowest BCUT2D eigenvalue weighted by Crippen LogP contribution is -2.49. The number of nitrogen functional groups attached to an aromatic ring is 1. The number of aromatic nitrogens is 2. The molecule has 3 rings (SSSR count). The molecule has 0 spiro atoms. The van der Waals surface area contributed by atoms with Gasteiger partial charge in [0.2, 0.25) is 0 Å². The van der Waals surface area contributed by atoms with Gasteiger partial charge >= 0.3 is 11.9 Å². The zero-order valence-corrected chi connectivity index (χ0v) is 22.2. The Labute approximate surface area is 216 Å². The van der Waals surface area contributed by atoms with E-state index < -0.39 is 53.2 Å². The minimum Gasteiger partial charge on any atom is -0.455 e. The van der Waals surface area contributed by atoms with Crippen molar-refractivity contribution >= 4 is 23.7 Å². The molecule has 1 aromatic carbocycles. The maximum Gasteiger partial charge on any atom is 0.311 e. The lowest BCUT2D eigenvalue weighted by atomic mass is 9.96. The van der Waals surface area contributed by atoms with Gasteiger partial charge in [-0.2, -0.15) is 0 Å². The van der Waals surface area contributed by atoms with Crippen LogP contribution in [0.2, 0.25) is 0 Å². The van der Waals surface area contributed by atoms with Gasteiger partial charge in [-0.05, 0) is 47.1 Å². The van der Waals surface area contributed by atoms with E-state index in [0.29, 0.717) is 6.54 Å². The molecule has 4 atom stereocenters. The molecule has 202 valence electrons. The van der Waals surface area contributed by atoms with Gasteiger partial charge in [0.1, 0.15) is 11.8 Å². The molecule has 1 aliphatic heterocycles. The lowest BCUT2D eigenvalue weighted by molar-refractivity contribution is -0.177. The number of imidazole rings is 1. The molecular weight excluding hydrogens is 478 g/mol. The monoisotopic (exact) mass is 515 g/mol. The van der Waals surface area contributed by atoms with E-state index in [-0.39, 0.29) is 18.1 Å². The third kappa shape index (κ3) is 7.30. The van der Waals surface area contributed by atoms with Crippen LogP contribution in [0.1, 0.15) is 57.6 Å². The highest BCUT2D eigenvalue weighted by Crippen LogP contribution is 2.30. The number of hydrogen-bond acceptors (Lipinski definition) is 9. The van der Waals surface area contributed by atoms with E-state index in [1.54, 1.807) is 41.5 Å². The van der Waals surface area contributed by atoms with Gasteiger partial charge in [0, 0.05) is 13.1 Å². The number of ether oxygens (including phenoxy) is 3. The number of aromatic amines is 1. The number of rotatable bonds is 8. The molecule has 1 aromatic heterocycles. The molecular formula is C26H37N5O6. The average molecular weight is 516 g/mol. The van der Waals surface area contributed by atoms with Gasteiger partial charge in [-0.1, -0.05) is 30.3 Å². The van der Waals surface area contributed by atoms with Gasteiger partial charge in [0.15, 0.2) is 24.3 Å². The van der Waals surface area contributed by atoms with Crippen molar-refractivity contribution in [3.8, 4) is 0 Å². The Hall–Kier alpha value is -3.44. The maximum atomic E-state index is 12.9. The van der Waals surface area contributed by atoms with Crippen LogP contribution in [0.4, 0.5) is 5.82 Å². The molecule has 2 aromatic rings. The summed E-state index contributed by atoms with van der Waals surface area (Å²) in [6, 6.07) is 9.76. The Kier molecular flexibility index (Phi) is 8.60. The van der Waals surface area contributed by atoms with Crippen LogP contribution >= 0.6 is 0 Å². The second-order valence-electron chi connectivity index (χ2n) is 11.1. The minimum atomic E-state index is -1.11. The fourth-order valence-electron chi connectivity index (χ4n) is 3.52. The molecule has 1 fully saturated rings. The topological polar surface area (TPSA) is 158 Å². The summed E-state index contributed by atoms with van der Waals surface area (Å²) in [4.78, 5) is 45.2. The smallest absolute Gasteiger partial charge is 0.311 e. The Morgan fingerprint density at radius 2 is 1.59 bits per heavy atom. The van der Waals surface area contributed by atoms with Crippen molar-refractivity contribution in [1.29, 1.82) is 0 Å². The summed E-state index contributed by atoms with van der Waals surface area (Å²) in [5, 5.41) is 5.99. The third-order valence-electron chi connectivity index (χ3n) is 5.71. The van der Waals surface area contributed by atoms with Crippen LogP contribution < -0.4 is 16.4 Å². The van der Waals surface area contributed by atoms with Crippen LogP contribution in [-0.4, -0.2) is 58.9 Å². The predicted molar refractivity (Wildman–Crippen MR) is 136 cm³/mol. The summed E-state index contributed by atoms with van der Waals surface area (Å²) in [6.07, 6.45) is -2.62. The Bertz CT molecular complexity index is 1090. The number of anilines is 1. The van der Waals surface area contributed by atoms with Gasteiger partial charge in [0.05, 0.1) is 17.2 Å². The van der Waals surface area contributed by atoms with Crippen molar-refractivity contribution < 1.29 is 28.6 Å². The third-order valence-corrected chi connectivity index (χ3v) is 5.71. The maximum absolute atomic E-state index is 12.9. The first-order valence-electron chi connectivity index (χ1n) is 12.2. The number of nitrogens with one attached hydrogen (secondary N) is 3. The number of esters is 2. The zero-order valence-electron chi connectivity index (χ0n) is 22.2. The molecule has 0 aliphatic carbocycles. The molecule has 1 amide bonds. The first kappa shape index (κ1) is 28.1. The predicted octanol–water partition coefficient (Wildman–Crippen LogP) is 2.15. The molecule has 2 heterocycles. The van der Waals surface area contributed by atoms with Crippen LogP contribution in [-0.2, 0) is 30.3 Å². The fourth-order valence-corrected chi connectivity index (χ4v) is 3.52. The van der Waals surface area contributed by atoms with E-state index >= 15 is 0 Å². The summed E-state index contributed by atoms with van der Waals surface area (Å²) >= 11 is 0. The van der Waals surface area contributed by atoms with Crippen molar-refractivity contribution in [1.82, 2.24) is 20.6 Å². The summed E-state index contributed by atoms with van der Waals surface area (Å²) < 4.78 is 17.8. The van der Waals surface area contributed by atoms with Crippen LogP contribution in [0.25, 0.3) is 0 Å². The van der Waals surface area contributed by atoms with Gasteiger partial charge in [-0.15, -0.1) is 0 Å². The van der Waals surface area contributed by atoms with Crippen molar-refractivity contribution in [2.75, 3.05) is 12.3 Å². The van der Waals surface area contributed by atoms with Gasteiger partial charge in [-0.3, -0.25) is 14.4 Å². The normalized spacial score (nSPS) is 21.9. The van der Waals surface area contributed by atoms with Crippen LogP contribution in [0, 0.1) is 10.8 Å². The zero-order chi connectivity index (χ0) is 27.4. The Morgan fingerprint density at radius 1 is 1.00 bits per heavy atom. The van der Waals surface area contributed by atoms with Crippen LogP contribution in [0.15, 0.2) is 36.7 Å². The SMILES string of the molecule is CC(C)(C)C(=O)O[C@@H]1[C@H](OC(=O)C(C)(C)C)[C@@H](CNCc2ccccc2)O[C@H]1NC(=O)c1[nH]cnc1N. The molecule has 0 saturated carbocycles. The van der Waals surface area contributed by atoms with E-state index in [4.69, 9.17) is 19.9 Å². The Balaban J connectivity index is 1.87. The first-order valence-corrected chi connectivity index (χ1v) is 12.2. The van der Waals surface area contributed by atoms with Gasteiger partial charge in [0.25, 0.3) is 5.91 Å². The second-order valence-corrected chi connectivity index (χ2v) is 11.1. The van der Waals surface area contributed by atoms with Crippen molar-refractivity contribution in [2.45, 2.75) is 72.6 Å². The lowest BCUT2D eigenvalue weighted by Gasteiger charge is -2.29. The molecule has 11 heteroatoms. The summed E-state index contributed by atoms with van der Waals surface area (Å²) in [7, 11) is 0. The number of carbonyl (C=O) groups excluding carboxylic acids is 3. The van der Waals surface area contributed by atoms with E-state index in [9.17, 15) is 14.4 Å². The van der Waals surface area contributed by atoms with E-state index in [1.165, 1.54) is 6.33 Å². The number of nitrogens with two attached hydrogens (primary N) is 1. The molecule has 1 saturated heterocycles. The summed E-state index contributed by atoms with van der Waals surface area (Å²) in [5.74, 6) is -1.61. The highest BCUT2D eigenvalue weighted by molar-refractivity contribution is 5.96. The number of hydrogen-bond donors (Lipinski definition) is 4. The standard InChI is InChI=1S/C26H37N5O6/c1-25(2,3)23(33)36-18-16(13-28-12-15-10-8-7-9-11-15)35-22(19(18)37-24(34)26(4,5)6)31-21(32)17-20(27)30-14-29-17/h7-11,14,16,18-19,22,28H,12-13,27H2,1-6H3,(H,29,30)(H,31,32)/t16-,18-,19-,22-/m1/s1. The molecule has 1 aliphatic rings. The average Bonchev–Trinajstić information content (AvgIpc) is 3.37. The molecule has 0 radical (unpaired) electrons. The fraction of sp³-hybridized carbons (Fsp3) is 0.538. The molecule has 37 heavy (non-hydrogen) atoms. The summed E-state index contributed by atoms with van der Waals surface area (Å²) in [6.45, 7) is 11.1. The number of nitrogens with zero attached hydrogens (tertiary/aromatic N) is 1. The van der Waals surface area contributed by atoms with Gasteiger partial charge < -0.3 is 35.6 Å².